The highest BCUT2D eigenvalue weighted by atomic mass is 15.0. The van der Waals surface area contributed by atoms with Crippen molar-refractivity contribution in [1.29, 1.82) is 0 Å². The topological polar surface area (TPSA) is 9.86 Å². The molecule has 0 radical (unpaired) electrons. The first-order valence-electron chi connectivity index (χ1n) is 19.6. The lowest BCUT2D eigenvalue weighted by atomic mass is 9.79. The van der Waals surface area contributed by atoms with E-state index in [1.165, 1.54) is 110 Å². The zero-order valence-corrected chi connectivity index (χ0v) is 31.0. The van der Waals surface area contributed by atoms with Crippen LogP contribution in [0.25, 0.3) is 94.0 Å². The molecular formula is C53H38N2. The van der Waals surface area contributed by atoms with Crippen LogP contribution in [0.5, 0.6) is 0 Å². The van der Waals surface area contributed by atoms with Gasteiger partial charge in [0.2, 0.25) is 0 Å². The van der Waals surface area contributed by atoms with Crippen molar-refractivity contribution in [3.8, 4) is 33.6 Å². The third kappa shape index (κ3) is 4.14. The minimum Gasteiger partial charge on any atom is -0.309 e. The Morgan fingerprint density at radius 3 is 1.85 bits per heavy atom. The largest absolute Gasteiger partial charge is 0.309 e. The molecule has 2 nitrogen and oxygen atoms in total. The maximum atomic E-state index is 2.53. The summed E-state index contributed by atoms with van der Waals surface area (Å²) in [5.41, 5.74) is 17.0. The highest BCUT2D eigenvalue weighted by molar-refractivity contribution is 6.25. The van der Waals surface area contributed by atoms with Gasteiger partial charge in [0.15, 0.2) is 0 Å². The molecule has 0 amide bonds. The Labute approximate surface area is 320 Å². The first kappa shape index (κ1) is 30.8. The van der Waals surface area contributed by atoms with E-state index in [0.717, 1.165) is 12.8 Å². The predicted molar refractivity (Wildman–Crippen MR) is 233 cm³/mol. The van der Waals surface area contributed by atoms with Crippen molar-refractivity contribution >= 4 is 60.3 Å². The van der Waals surface area contributed by atoms with Crippen molar-refractivity contribution in [2.75, 3.05) is 0 Å². The first-order valence-corrected chi connectivity index (χ1v) is 19.6. The second kappa shape index (κ2) is 11.2. The van der Waals surface area contributed by atoms with Gasteiger partial charge in [-0.25, -0.2) is 0 Å². The number of rotatable bonds is 3. The standard InChI is InChI=1S/C53H38N2/c1-53(2)47-20-9-6-15-39(47)42-19-12-18-36(50(42)53)33-23-25-35(26-24-33)55-49-22-11-8-17-41(49)46-30-28-38-37-27-29-45-40-16-7-10-21-48(40)54(34-13-4-3-5-14-34)51(45)43(37)31-32-44(38)52(46)55/h3-7,9-16,18-32H,8,17H2,1-2H3. The Bertz CT molecular complexity index is 3260. The summed E-state index contributed by atoms with van der Waals surface area (Å²) in [4.78, 5) is 0. The van der Waals surface area contributed by atoms with Crippen molar-refractivity contribution in [3.05, 3.63) is 186 Å². The van der Waals surface area contributed by atoms with Gasteiger partial charge in [-0.05, 0) is 99.0 Å². The second-order valence-electron chi connectivity index (χ2n) is 16.0. The maximum Gasteiger partial charge on any atom is 0.0619 e. The lowest BCUT2D eigenvalue weighted by molar-refractivity contribution is 0.662. The number of aromatic nitrogens is 2. The fraction of sp³-hybridized carbons (Fsp3) is 0.0943. The van der Waals surface area contributed by atoms with E-state index < -0.39 is 0 Å². The van der Waals surface area contributed by atoms with E-state index in [1.54, 1.807) is 0 Å². The number of nitrogens with zero attached hydrogens (tertiary/aromatic N) is 2. The molecule has 8 aromatic carbocycles. The molecule has 0 bridgehead atoms. The molecule has 2 heteroatoms. The highest BCUT2D eigenvalue weighted by Gasteiger charge is 2.37. The van der Waals surface area contributed by atoms with Crippen LogP contribution < -0.4 is 0 Å². The number of aryl methyl sites for hydroxylation is 1. The van der Waals surface area contributed by atoms with E-state index in [2.05, 4.69) is 193 Å². The molecule has 2 aliphatic rings. The Kier molecular flexibility index (Phi) is 6.27. The molecular weight excluding hydrogens is 665 g/mol. The minimum atomic E-state index is -0.0651. The molecule has 55 heavy (non-hydrogen) atoms. The Morgan fingerprint density at radius 2 is 1.05 bits per heavy atom. The molecule has 0 unspecified atom stereocenters. The summed E-state index contributed by atoms with van der Waals surface area (Å²) in [6, 6.07) is 59.0. The van der Waals surface area contributed by atoms with Gasteiger partial charge in [0.05, 0.1) is 16.6 Å². The molecule has 0 fully saturated rings. The monoisotopic (exact) mass is 702 g/mol. The molecule has 10 aromatic rings. The molecule has 0 spiro atoms. The van der Waals surface area contributed by atoms with Crippen molar-refractivity contribution in [2.45, 2.75) is 32.1 Å². The molecule has 0 atom stereocenters. The van der Waals surface area contributed by atoms with Crippen molar-refractivity contribution < 1.29 is 0 Å². The lowest BCUT2D eigenvalue weighted by Gasteiger charge is -2.24. The van der Waals surface area contributed by atoms with Gasteiger partial charge in [0, 0.05) is 49.4 Å². The van der Waals surface area contributed by atoms with Crippen LogP contribution in [0.15, 0.2) is 164 Å². The third-order valence-corrected chi connectivity index (χ3v) is 12.8. The molecule has 0 saturated carbocycles. The zero-order chi connectivity index (χ0) is 36.4. The fourth-order valence-corrected chi connectivity index (χ4v) is 10.4. The van der Waals surface area contributed by atoms with Crippen molar-refractivity contribution in [1.82, 2.24) is 9.13 Å². The smallest absolute Gasteiger partial charge is 0.0619 e. The summed E-state index contributed by atoms with van der Waals surface area (Å²) in [6.07, 6.45) is 6.82. The van der Waals surface area contributed by atoms with Gasteiger partial charge < -0.3 is 9.13 Å². The van der Waals surface area contributed by atoms with Gasteiger partial charge in [0.1, 0.15) is 0 Å². The summed E-state index contributed by atoms with van der Waals surface area (Å²) >= 11 is 0. The van der Waals surface area contributed by atoms with Crippen LogP contribution in [0.2, 0.25) is 0 Å². The summed E-state index contributed by atoms with van der Waals surface area (Å²) in [7, 11) is 0. The average Bonchev–Trinajstić information content (AvgIpc) is 3.85. The van der Waals surface area contributed by atoms with E-state index in [-0.39, 0.29) is 5.41 Å². The molecule has 0 saturated heterocycles. The third-order valence-electron chi connectivity index (χ3n) is 12.8. The Hall–Kier alpha value is -6.64. The Balaban J connectivity index is 1.08. The molecule has 2 aromatic heterocycles. The molecule has 2 aliphatic carbocycles. The SMILES string of the molecule is CC1(C)c2ccccc2-c2cccc(-c3ccc(-n4c5c(c6ccc7c8ccc9c%10ccccc%10n(-c%10ccccc%10)c9c8ccc7c64)CCC=C5)cc3)c21. The van der Waals surface area contributed by atoms with Crippen LogP contribution in [0.3, 0.4) is 0 Å². The second-order valence-corrected chi connectivity index (χ2v) is 16.0. The van der Waals surface area contributed by atoms with Crippen LogP contribution in [0.4, 0.5) is 0 Å². The van der Waals surface area contributed by atoms with Gasteiger partial charge in [-0.3, -0.25) is 0 Å². The van der Waals surface area contributed by atoms with Crippen molar-refractivity contribution in [2.24, 2.45) is 0 Å². The zero-order valence-electron chi connectivity index (χ0n) is 31.0. The van der Waals surface area contributed by atoms with Gasteiger partial charge in [0.25, 0.3) is 0 Å². The van der Waals surface area contributed by atoms with Crippen LogP contribution >= 0.6 is 0 Å². The van der Waals surface area contributed by atoms with E-state index in [0.29, 0.717) is 0 Å². The number of benzene rings is 8. The normalized spacial score (nSPS) is 14.3. The molecule has 260 valence electrons. The van der Waals surface area contributed by atoms with Gasteiger partial charge >= 0.3 is 0 Å². The fourth-order valence-electron chi connectivity index (χ4n) is 10.4. The summed E-state index contributed by atoms with van der Waals surface area (Å²) in [5.74, 6) is 0. The summed E-state index contributed by atoms with van der Waals surface area (Å²) in [6.45, 7) is 4.75. The lowest BCUT2D eigenvalue weighted by Crippen LogP contribution is -2.16. The summed E-state index contributed by atoms with van der Waals surface area (Å²) < 4.78 is 4.99. The van der Waals surface area contributed by atoms with Gasteiger partial charge in [-0.2, -0.15) is 0 Å². The minimum absolute atomic E-state index is 0.0651. The Morgan fingerprint density at radius 1 is 0.455 bits per heavy atom. The van der Waals surface area contributed by atoms with E-state index in [1.807, 2.05) is 0 Å². The summed E-state index contributed by atoms with van der Waals surface area (Å²) in [5, 5.41) is 9.06. The average molecular weight is 703 g/mol. The van der Waals surface area contributed by atoms with Crippen molar-refractivity contribution in [3.63, 3.8) is 0 Å². The van der Waals surface area contributed by atoms with E-state index >= 15 is 0 Å². The predicted octanol–water partition coefficient (Wildman–Crippen LogP) is 14.0. The highest BCUT2D eigenvalue weighted by Crippen LogP contribution is 2.52. The van der Waals surface area contributed by atoms with Gasteiger partial charge in [-0.1, -0.05) is 147 Å². The quantitative estimate of drug-likeness (QED) is 0.162. The van der Waals surface area contributed by atoms with E-state index in [4.69, 9.17) is 0 Å². The van der Waals surface area contributed by atoms with Crippen LogP contribution in [0.1, 0.15) is 42.7 Å². The number of fused-ring (bicyclic) bond motifs is 14. The number of para-hydroxylation sites is 2. The number of allylic oxidation sites excluding steroid dienone is 1. The molecule has 12 rings (SSSR count). The molecule has 0 aliphatic heterocycles. The van der Waals surface area contributed by atoms with E-state index in [9.17, 15) is 0 Å². The number of hydrogen-bond donors (Lipinski definition) is 0. The van der Waals surface area contributed by atoms with Crippen LogP contribution in [0, 0.1) is 0 Å². The first-order chi connectivity index (χ1) is 27.1. The van der Waals surface area contributed by atoms with Crippen LogP contribution in [-0.4, -0.2) is 9.13 Å². The molecule has 2 heterocycles. The maximum absolute atomic E-state index is 2.53. The van der Waals surface area contributed by atoms with Crippen LogP contribution in [-0.2, 0) is 11.8 Å². The number of hydrogen-bond acceptors (Lipinski definition) is 0. The molecule has 0 N–H and O–H groups in total. The van der Waals surface area contributed by atoms with Gasteiger partial charge in [-0.15, -0.1) is 0 Å².